The maximum Gasteiger partial charge on any atom is 0.154 e. The van der Waals surface area contributed by atoms with Crippen LogP contribution in [0.1, 0.15) is 127 Å². The van der Waals surface area contributed by atoms with Crippen molar-refractivity contribution < 1.29 is 30.3 Å². The molecule has 6 nitrogen and oxygen atoms in total. The van der Waals surface area contributed by atoms with Gasteiger partial charge in [-0.2, -0.15) is 0 Å². The van der Waals surface area contributed by atoms with Crippen LogP contribution in [-0.2, 0) is 4.74 Å². The smallest absolute Gasteiger partial charge is 0.154 e. The third-order valence-corrected chi connectivity index (χ3v) is 15.4. The molecule has 0 amide bonds. The zero-order valence-corrected chi connectivity index (χ0v) is 29.5. The van der Waals surface area contributed by atoms with E-state index in [1.165, 1.54) is 12.8 Å². The van der Waals surface area contributed by atoms with Crippen LogP contribution in [0.5, 0.6) is 0 Å². The first kappa shape index (κ1) is 35.1. The number of hydrogen-bond acceptors (Lipinski definition) is 6. The van der Waals surface area contributed by atoms with Crippen LogP contribution in [0.25, 0.3) is 0 Å². The minimum Gasteiger partial charge on any atom is -0.393 e. The van der Waals surface area contributed by atoms with Gasteiger partial charge in [-0.3, -0.25) is 0 Å². The van der Waals surface area contributed by atoms with Gasteiger partial charge in [0.25, 0.3) is 0 Å². The molecular formula is C38H68O6. The van der Waals surface area contributed by atoms with Crippen LogP contribution in [0.4, 0.5) is 0 Å². The number of rotatable bonds is 7. The molecule has 0 spiro atoms. The van der Waals surface area contributed by atoms with Crippen LogP contribution in [0, 0.1) is 75.4 Å². The van der Waals surface area contributed by atoms with Gasteiger partial charge in [-0.05, 0) is 135 Å². The molecule has 6 heteroatoms. The van der Waals surface area contributed by atoms with Crippen LogP contribution in [0.15, 0.2) is 0 Å². The largest absolute Gasteiger partial charge is 0.393 e. The second kappa shape index (κ2) is 12.7. The van der Waals surface area contributed by atoms with E-state index in [0.717, 1.165) is 44.4 Å². The van der Waals surface area contributed by atoms with Crippen molar-refractivity contribution in [2.45, 2.75) is 163 Å². The van der Waals surface area contributed by atoms with Crippen molar-refractivity contribution in [3.63, 3.8) is 0 Å². The Hall–Kier alpha value is -0.240. The highest BCUT2D eigenvalue weighted by Crippen LogP contribution is 2.72. The minimum atomic E-state index is -0.838. The molecule has 0 aromatic heterocycles. The fourth-order valence-electron chi connectivity index (χ4n) is 12.9. The van der Waals surface area contributed by atoms with Gasteiger partial charge in [0.05, 0.1) is 30.5 Å². The van der Waals surface area contributed by atoms with Gasteiger partial charge < -0.3 is 30.3 Å². The van der Waals surface area contributed by atoms with Gasteiger partial charge in [0.15, 0.2) is 6.29 Å². The Balaban J connectivity index is 1.38. The number of hydrogen-bond donors (Lipinski definition) is 5. The van der Waals surface area contributed by atoms with E-state index in [9.17, 15) is 25.5 Å². The molecule has 5 aliphatic rings. The van der Waals surface area contributed by atoms with Gasteiger partial charge in [-0.15, -0.1) is 0 Å². The zero-order chi connectivity index (χ0) is 32.5. The predicted octanol–water partition coefficient (Wildman–Crippen LogP) is 6.40. The summed E-state index contributed by atoms with van der Waals surface area (Å²) in [5, 5.41) is 57.2. The molecule has 0 saturated heterocycles. The van der Waals surface area contributed by atoms with Gasteiger partial charge in [0.1, 0.15) is 0 Å². The van der Waals surface area contributed by atoms with Gasteiger partial charge in [0.2, 0.25) is 0 Å². The lowest BCUT2D eigenvalue weighted by molar-refractivity contribution is -0.288. The summed E-state index contributed by atoms with van der Waals surface area (Å²) in [5.41, 5.74) is -0.914. The van der Waals surface area contributed by atoms with E-state index in [0.29, 0.717) is 42.4 Å². The van der Waals surface area contributed by atoms with Crippen molar-refractivity contribution in [3.05, 3.63) is 0 Å². The van der Waals surface area contributed by atoms with Gasteiger partial charge in [-0.1, -0.05) is 55.4 Å². The Kier molecular flexibility index (Phi) is 10.1. The van der Waals surface area contributed by atoms with Crippen molar-refractivity contribution in [2.24, 2.45) is 75.4 Å². The lowest BCUT2D eigenvalue weighted by Gasteiger charge is -2.72. The molecule has 0 aromatic rings. The first-order chi connectivity index (χ1) is 20.4. The Bertz CT molecular complexity index is 978. The third kappa shape index (κ3) is 5.76. The molecule has 0 bridgehead atoms. The monoisotopic (exact) mass is 621 g/mol. The normalized spacial score (nSPS) is 54.2. The topological polar surface area (TPSA) is 110 Å². The quantitative estimate of drug-likeness (QED) is 0.211. The average Bonchev–Trinajstić information content (AvgIpc) is 2.91. The number of aliphatic hydroxyl groups excluding tert-OH is 5. The second-order valence-electron chi connectivity index (χ2n) is 18.3. The van der Waals surface area contributed by atoms with E-state index in [-0.39, 0.29) is 34.7 Å². The summed E-state index contributed by atoms with van der Waals surface area (Å²) in [5.74, 6) is 2.68. The van der Waals surface area contributed by atoms with Gasteiger partial charge >= 0.3 is 0 Å². The maximum absolute atomic E-state index is 12.6. The second-order valence-corrected chi connectivity index (χ2v) is 18.3. The summed E-state index contributed by atoms with van der Waals surface area (Å²) in [7, 11) is 0. The predicted molar refractivity (Wildman–Crippen MR) is 174 cm³/mol. The van der Waals surface area contributed by atoms with Crippen molar-refractivity contribution in [1.82, 2.24) is 0 Å². The Morgan fingerprint density at radius 3 is 2.11 bits per heavy atom. The Morgan fingerprint density at radius 1 is 0.886 bits per heavy atom. The number of ether oxygens (including phenoxy) is 1. The van der Waals surface area contributed by atoms with Gasteiger partial charge in [0, 0.05) is 11.3 Å². The number of aliphatic hydroxyl groups is 5. The molecule has 0 aromatic carbocycles. The van der Waals surface area contributed by atoms with Crippen molar-refractivity contribution in [2.75, 3.05) is 0 Å². The zero-order valence-electron chi connectivity index (χ0n) is 29.5. The molecule has 5 fully saturated rings. The fraction of sp³-hybridized carbons (Fsp3) is 1.00. The molecule has 5 N–H and O–H groups in total. The van der Waals surface area contributed by atoms with E-state index in [2.05, 4.69) is 55.4 Å². The first-order valence-electron chi connectivity index (χ1n) is 18.5. The molecule has 5 saturated carbocycles. The lowest BCUT2D eigenvalue weighted by atomic mass is 9.34. The molecular weight excluding hydrogens is 552 g/mol. The maximum atomic E-state index is 12.6. The van der Waals surface area contributed by atoms with Gasteiger partial charge in [-0.25, -0.2) is 0 Å². The summed E-state index contributed by atoms with van der Waals surface area (Å²) in [6.45, 7) is 20.1. The Morgan fingerprint density at radius 2 is 1.52 bits per heavy atom. The third-order valence-electron chi connectivity index (χ3n) is 15.4. The van der Waals surface area contributed by atoms with E-state index >= 15 is 0 Å². The lowest BCUT2D eigenvalue weighted by Crippen LogP contribution is -2.71. The molecule has 0 heterocycles. The number of fused-ring (bicyclic) bond motifs is 3. The highest BCUT2D eigenvalue weighted by molar-refractivity contribution is 5.19. The summed E-state index contributed by atoms with van der Waals surface area (Å²) in [6.07, 6.45) is 6.32. The van der Waals surface area contributed by atoms with Crippen LogP contribution in [0.2, 0.25) is 0 Å². The first-order valence-corrected chi connectivity index (χ1v) is 18.5. The van der Waals surface area contributed by atoms with Crippen molar-refractivity contribution >= 4 is 0 Å². The molecule has 0 aliphatic heterocycles. The van der Waals surface area contributed by atoms with E-state index < -0.39 is 42.0 Å². The highest BCUT2D eigenvalue weighted by atomic mass is 16.6. The van der Waals surface area contributed by atoms with Crippen LogP contribution in [-0.4, -0.2) is 62.3 Å². The molecule has 5 aliphatic carbocycles. The Labute approximate surface area is 268 Å². The highest BCUT2D eigenvalue weighted by Gasteiger charge is 2.71. The molecule has 44 heavy (non-hydrogen) atoms. The van der Waals surface area contributed by atoms with E-state index in [4.69, 9.17) is 4.74 Å². The van der Waals surface area contributed by atoms with E-state index in [1.54, 1.807) is 6.92 Å². The summed E-state index contributed by atoms with van der Waals surface area (Å²) in [6, 6.07) is 0. The van der Waals surface area contributed by atoms with Crippen molar-refractivity contribution in [1.29, 1.82) is 0 Å². The summed E-state index contributed by atoms with van der Waals surface area (Å²) < 4.78 is 6.13. The molecule has 0 radical (unpaired) electrons. The molecule has 5 rings (SSSR count). The van der Waals surface area contributed by atoms with E-state index in [1.807, 2.05) is 0 Å². The molecule has 16 unspecified atom stereocenters. The SMILES string of the molecule is CC1CCC(OC(O)CCC2CC(C(C)C)C3CC4(C)CC5(C)CC(O)C(C(C)O)C(O)C5(C)C(C)C4C(O)C3C2C)CC1. The standard InChI is InChI=1S/C38H68O6/c1-20(2)27-16-25(12-15-30(41)44-26-13-10-21(3)11-14-26)22(4)31-28(27)17-36(7)19-37(8)18-29(40)32(24(6)39)35(43)38(37,9)23(5)33(36)34(31)42/h20-35,39-43H,10-19H2,1-9H3. The van der Waals surface area contributed by atoms with Crippen LogP contribution >= 0.6 is 0 Å². The minimum absolute atomic E-state index is 0.0319. The van der Waals surface area contributed by atoms with Crippen LogP contribution < -0.4 is 0 Å². The summed E-state index contributed by atoms with van der Waals surface area (Å²) in [4.78, 5) is 0. The fourth-order valence-corrected chi connectivity index (χ4v) is 12.9. The van der Waals surface area contributed by atoms with Crippen LogP contribution in [0.3, 0.4) is 0 Å². The summed E-state index contributed by atoms with van der Waals surface area (Å²) >= 11 is 0. The van der Waals surface area contributed by atoms with Crippen molar-refractivity contribution in [3.8, 4) is 0 Å². The molecule has 256 valence electrons. The molecule has 16 atom stereocenters. The average molecular weight is 621 g/mol.